The summed E-state index contributed by atoms with van der Waals surface area (Å²) in [6, 6.07) is 0. The molecule has 0 aromatic rings. The van der Waals surface area contributed by atoms with Crippen LogP contribution in [0.5, 0.6) is 0 Å². The van der Waals surface area contributed by atoms with Gasteiger partial charge in [-0.15, -0.1) is 0 Å². The van der Waals surface area contributed by atoms with Gasteiger partial charge in [-0.05, 0) is 6.92 Å². The quantitative estimate of drug-likeness (QED) is 0.759. The first-order valence-corrected chi connectivity index (χ1v) is 6.12. The minimum absolute atomic E-state index is 0.229. The molecule has 0 radical (unpaired) electrons. The maximum atomic E-state index is 12.1. The number of amidine groups is 1. The van der Waals surface area contributed by atoms with E-state index in [0.717, 1.165) is 0 Å². The molecule has 1 atom stereocenters. The van der Waals surface area contributed by atoms with Crippen LogP contribution in [0, 0.1) is 0 Å². The molecule has 0 bridgehead atoms. The van der Waals surface area contributed by atoms with Crippen LogP contribution in [0.25, 0.3) is 0 Å². The fraction of sp³-hybridized carbons (Fsp3) is 0.545. The summed E-state index contributed by atoms with van der Waals surface area (Å²) >= 11 is 6.06. The number of amides is 1. The van der Waals surface area contributed by atoms with E-state index in [1.54, 1.807) is 13.8 Å². The smallest absolute Gasteiger partial charge is 0.307 e. The molecule has 0 aromatic heterocycles. The van der Waals surface area contributed by atoms with Crippen molar-refractivity contribution >= 4 is 29.3 Å². The molecule has 7 heteroatoms. The highest BCUT2D eigenvalue weighted by Crippen LogP contribution is 2.31. The Kier molecular flexibility index (Phi) is 3.56. The highest BCUT2D eigenvalue weighted by atomic mass is 35.5. The third-order valence-electron chi connectivity index (χ3n) is 2.83. The number of nitrogens with one attached hydrogen (secondary N) is 1. The second-order valence-corrected chi connectivity index (χ2v) is 4.44. The van der Waals surface area contributed by atoms with Crippen molar-refractivity contribution in [1.82, 2.24) is 10.3 Å². The number of hydrogen-bond acceptors (Lipinski definition) is 5. The SMILES string of the molecule is CCC(=O)OC1C(Cl)=C(C)C(=O)N1C1=NNCC1. The number of nitrogens with zero attached hydrogens (tertiary/aromatic N) is 2. The Hall–Kier alpha value is -1.56. The van der Waals surface area contributed by atoms with E-state index in [9.17, 15) is 9.59 Å². The second-order valence-electron chi connectivity index (χ2n) is 4.03. The molecule has 1 N–H and O–H groups in total. The molecule has 1 amide bonds. The topological polar surface area (TPSA) is 71.0 Å². The van der Waals surface area contributed by atoms with Gasteiger partial charge in [0.25, 0.3) is 5.91 Å². The predicted molar refractivity (Wildman–Crippen MR) is 65.6 cm³/mol. The molecule has 1 unspecified atom stereocenters. The van der Waals surface area contributed by atoms with Gasteiger partial charge < -0.3 is 10.2 Å². The molecule has 98 valence electrons. The van der Waals surface area contributed by atoms with Crippen molar-refractivity contribution in [2.75, 3.05) is 6.54 Å². The van der Waals surface area contributed by atoms with Gasteiger partial charge in [0.05, 0.1) is 5.03 Å². The lowest BCUT2D eigenvalue weighted by Crippen LogP contribution is -2.42. The Balaban J connectivity index is 2.26. The van der Waals surface area contributed by atoms with E-state index in [-0.39, 0.29) is 17.4 Å². The number of rotatable bonds is 2. The number of hydrazone groups is 1. The Morgan fingerprint density at radius 2 is 2.39 bits per heavy atom. The number of hydrogen-bond donors (Lipinski definition) is 1. The van der Waals surface area contributed by atoms with Crippen LogP contribution < -0.4 is 5.43 Å². The molecule has 2 aliphatic heterocycles. The molecule has 0 aliphatic carbocycles. The van der Waals surface area contributed by atoms with Crippen LogP contribution in [-0.2, 0) is 14.3 Å². The van der Waals surface area contributed by atoms with E-state index in [1.807, 2.05) is 0 Å². The molecule has 0 saturated heterocycles. The first-order valence-electron chi connectivity index (χ1n) is 5.75. The number of ether oxygens (including phenoxy) is 1. The van der Waals surface area contributed by atoms with Crippen molar-refractivity contribution < 1.29 is 14.3 Å². The third kappa shape index (κ3) is 2.08. The van der Waals surface area contributed by atoms with E-state index in [1.165, 1.54) is 4.90 Å². The maximum absolute atomic E-state index is 12.1. The molecule has 18 heavy (non-hydrogen) atoms. The molecule has 2 rings (SSSR count). The van der Waals surface area contributed by atoms with Crippen LogP contribution in [0.4, 0.5) is 0 Å². The van der Waals surface area contributed by atoms with Gasteiger partial charge in [0.15, 0.2) is 0 Å². The van der Waals surface area contributed by atoms with Gasteiger partial charge in [-0.3, -0.25) is 14.5 Å². The van der Waals surface area contributed by atoms with Gasteiger partial charge in [0, 0.05) is 25.0 Å². The Bertz CT molecular complexity index is 458. The van der Waals surface area contributed by atoms with Gasteiger partial charge in [-0.2, -0.15) is 5.10 Å². The van der Waals surface area contributed by atoms with Gasteiger partial charge in [-0.25, -0.2) is 0 Å². The molecule has 2 heterocycles. The van der Waals surface area contributed by atoms with Crippen molar-refractivity contribution in [2.24, 2.45) is 5.10 Å². The Morgan fingerprint density at radius 1 is 1.67 bits per heavy atom. The third-order valence-corrected chi connectivity index (χ3v) is 3.30. The summed E-state index contributed by atoms with van der Waals surface area (Å²) in [6.07, 6.45) is -0.0409. The molecule has 0 fully saturated rings. The minimum Gasteiger partial charge on any atom is -0.436 e. The molecule has 0 spiro atoms. The highest BCUT2D eigenvalue weighted by molar-refractivity contribution is 6.34. The van der Waals surface area contributed by atoms with Crippen molar-refractivity contribution in [2.45, 2.75) is 32.9 Å². The maximum Gasteiger partial charge on any atom is 0.307 e. The van der Waals surface area contributed by atoms with Gasteiger partial charge in [0.1, 0.15) is 5.84 Å². The van der Waals surface area contributed by atoms with E-state index in [4.69, 9.17) is 16.3 Å². The molecule has 6 nitrogen and oxygen atoms in total. The van der Waals surface area contributed by atoms with Crippen LogP contribution in [0.15, 0.2) is 15.7 Å². The standard InChI is InChI=1S/C11H14ClN3O3/c1-3-8(16)18-11-9(12)6(2)10(17)15(11)7-4-5-13-14-7/h11,13H,3-5H2,1-2H3. The van der Waals surface area contributed by atoms with Crippen LogP contribution >= 0.6 is 11.6 Å². The van der Waals surface area contributed by atoms with E-state index >= 15 is 0 Å². The number of halogens is 1. The summed E-state index contributed by atoms with van der Waals surface area (Å²) < 4.78 is 5.21. The lowest BCUT2D eigenvalue weighted by molar-refractivity contribution is -0.153. The number of carbonyl (C=O) groups excluding carboxylic acids is 2. The highest BCUT2D eigenvalue weighted by Gasteiger charge is 2.42. The molecular weight excluding hydrogens is 258 g/mol. The monoisotopic (exact) mass is 271 g/mol. The Morgan fingerprint density at radius 3 is 2.94 bits per heavy atom. The number of carbonyl (C=O) groups is 2. The zero-order chi connectivity index (χ0) is 13.3. The van der Waals surface area contributed by atoms with Crippen LogP contribution in [0.1, 0.15) is 26.7 Å². The summed E-state index contributed by atoms with van der Waals surface area (Å²) in [5.74, 6) is -0.127. The summed E-state index contributed by atoms with van der Waals surface area (Å²) in [4.78, 5) is 24.8. The van der Waals surface area contributed by atoms with Crippen LogP contribution in [0.2, 0.25) is 0 Å². The van der Waals surface area contributed by atoms with E-state index in [2.05, 4.69) is 10.5 Å². The predicted octanol–water partition coefficient (Wildman–Crippen LogP) is 0.928. The summed E-state index contributed by atoms with van der Waals surface area (Å²) in [6.45, 7) is 3.95. The summed E-state index contributed by atoms with van der Waals surface area (Å²) in [5, 5.41) is 4.26. The lowest BCUT2D eigenvalue weighted by atomic mass is 10.3. The molecule has 0 saturated carbocycles. The van der Waals surface area contributed by atoms with Crippen molar-refractivity contribution in [3.8, 4) is 0 Å². The van der Waals surface area contributed by atoms with Crippen molar-refractivity contribution in [3.05, 3.63) is 10.6 Å². The normalized spacial score (nSPS) is 23.3. The van der Waals surface area contributed by atoms with Crippen molar-refractivity contribution in [1.29, 1.82) is 0 Å². The zero-order valence-corrected chi connectivity index (χ0v) is 11.0. The fourth-order valence-electron chi connectivity index (χ4n) is 1.80. The van der Waals surface area contributed by atoms with Crippen molar-refractivity contribution in [3.63, 3.8) is 0 Å². The second kappa shape index (κ2) is 4.97. The first kappa shape index (κ1) is 12.9. The van der Waals surface area contributed by atoms with E-state index < -0.39 is 12.2 Å². The average Bonchev–Trinajstić information content (AvgIpc) is 2.94. The van der Waals surface area contributed by atoms with Crippen LogP contribution in [-0.4, -0.2) is 35.4 Å². The minimum atomic E-state index is -0.870. The first-order chi connectivity index (χ1) is 8.56. The van der Waals surface area contributed by atoms with Gasteiger partial charge >= 0.3 is 5.97 Å². The molecule has 0 aromatic carbocycles. The molecular formula is C11H14ClN3O3. The van der Waals surface area contributed by atoms with Gasteiger partial charge in [0.2, 0.25) is 6.23 Å². The van der Waals surface area contributed by atoms with E-state index in [0.29, 0.717) is 24.4 Å². The fourth-order valence-corrected chi connectivity index (χ4v) is 2.02. The largest absolute Gasteiger partial charge is 0.436 e. The van der Waals surface area contributed by atoms with Gasteiger partial charge in [-0.1, -0.05) is 18.5 Å². The number of esters is 1. The Labute approximate surface area is 110 Å². The van der Waals surface area contributed by atoms with Crippen LogP contribution in [0.3, 0.4) is 0 Å². The zero-order valence-electron chi connectivity index (χ0n) is 10.2. The average molecular weight is 272 g/mol. The molecule has 2 aliphatic rings. The lowest BCUT2D eigenvalue weighted by Gasteiger charge is -2.24. The summed E-state index contributed by atoms with van der Waals surface area (Å²) in [5.41, 5.74) is 3.17. The summed E-state index contributed by atoms with van der Waals surface area (Å²) in [7, 11) is 0.